The van der Waals surface area contributed by atoms with Gasteiger partial charge in [0.2, 0.25) is 11.9 Å². The van der Waals surface area contributed by atoms with Crippen molar-refractivity contribution in [2.45, 2.75) is 18.9 Å². The van der Waals surface area contributed by atoms with Gasteiger partial charge in [-0.2, -0.15) is 41.3 Å². The Morgan fingerprint density at radius 2 is 1.36 bits per heavy atom. The zero-order valence-corrected chi connectivity index (χ0v) is 22.7. The van der Waals surface area contributed by atoms with E-state index in [2.05, 4.69) is 25.6 Å². The lowest BCUT2D eigenvalue weighted by Gasteiger charge is -2.15. The lowest BCUT2D eigenvalue weighted by Crippen LogP contribution is -2.21. The maximum Gasteiger partial charge on any atom is 0.422 e. The van der Waals surface area contributed by atoms with Crippen molar-refractivity contribution in [2.75, 3.05) is 17.2 Å². The molecule has 5 aromatic rings. The number of anilines is 3. The van der Waals surface area contributed by atoms with Crippen molar-refractivity contribution in [2.24, 2.45) is 0 Å². The summed E-state index contributed by atoms with van der Waals surface area (Å²) < 4.78 is 89.0. The highest BCUT2D eigenvalue weighted by Gasteiger charge is 2.31. The van der Waals surface area contributed by atoms with Crippen LogP contribution < -0.4 is 20.1 Å². The molecule has 0 bridgehead atoms. The van der Waals surface area contributed by atoms with Gasteiger partial charge in [0.1, 0.15) is 11.5 Å². The van der Waals surface area contributed by atoms with Gasteiger partial charge >= 0.3 is 18.4 Å². The summed E-state index contributed by atoms with van der Waals surface area (Å²) in [6, 6.07) is 27.7. The minimum absolute atomic E-state index is 0.0483. The predicted octanol–water partition coefficient (Wildman–Crippen LogP) is 8.65. The first-order valence-electron chi connectivity index (χ1n) is 13.1. The average molecular weight is 612 g/mol. The number of hydrogen-bond donors (Lipinski definition) is 2. The number of alkyl halides is 6. The predicted molar refractivity (Wildman–Crippen MR) is 152 cm³/mol. The van der Waals surface area contributed by atoms with E-state index in [9.17, 15) is 26.3 Å². The van der Waals surface area contributed by atoms with E-state index in [1.54, 1.807) is 18.2 Å². The second-order valence-corrected chi connectivity index (χ2v) is 9.33. The second-order valence-electron chi connectivity index (χ2n) is 9.33. The summed E-state index contributed by atoms with van der Waals surface area (Å²) in [7, 11) is 0. The Kier molecular flexibility index (Phi) is 8.83. The Balaban J connectivity index is 1.45. The molecule has 7 nitrogen and oxygen atoms in total. The first-order chi connectivity index (χ1) is 21.0. The molecule has 13 heteroatoms. The van der Waals surface area contributed by atoms with Gasteiger partial charge < -0.3 is 20.1 Å². The molecule has 5 rings (SSSR count). The van der Waals surface area contributed by atoms with Gasteiger partial charge in [-0.05, 0) is 53.6 Å². The van der Waals surface area contributed by atoms with Crippen LogP contribution in [0.5, 0.6) is 17.5 Å². The van der Waals surface area contributed by atoms with Gasteiger partial charge in [0.15, 0.2) is 6.61 Å². The highest BCUT2D eigenvalue weighted by molar-refractivity contribution is 5.66. The molecule has 0 unspecified atom stereocenters. The third kappa shape index (κ3) is 8.37. The largest absolute Gasteiger partial charge is 0.457 e. The molecule has 0 atom stereocenters. The van der Waals surface area contributed by atoms with Crippen LogP contribution in [0.1, 0.15) is 11.1 Å². The van der Waals surface area contributed by atoms with Gasteiger partial charge in [0, 0.05) is 17.8 Å². The van der Waals surface area contributed by atoms with Crippen LogP contribution in [0.3, 0.4) is 0 Å². The fraction of sp³-hybridized carbons (Fsp3) is 0.129. The molecule has 0 aliphatic carbocycles. The Hall–Kier alpha value is -5.33. The number of ether oxygens (including phenoxy) is 2. The third-order valence-corrected chi connectivity index (χ3v) is 6.00. The van der Waals surface area contributed by atoms with Crippen molar-refractivity contribution in [1.29, 1.82) is 0 Å². The first kappa shape index (κ1) is 30.1. The third-order valence-electron chi connectivity index (χ3n) is 6.00. The fourth-order valence-electron chi connectivity index (χ4n) is 4.02. The molecule has 0 saturated carbocycles. The quantitative estimate of drug-likeness (QED) is 0.153. The Labute approximate surface area is 247 Å². The van der Waals surface area contributed by atoms with Gasteiger partial charge in [-0.1, -0.05) is 60.7 Å². The zero-order chi connectivity index (χ0) is 31.2. The monoisotopic (exact) mass is 611 g/mol. The van der Waals surface area contributed by atoms with E-state index >= 15 is 0 Å². The molecule has 4 aromatic carbocycles. The molecule has 1 aromatic heterocycles. The number of nitrogens with zero attached hydrogens (tertiary/aromatic N) is 3. The SMILES string of the molecule is FC(F)(F)COc1nc(NCc2cc(-c3ccccc3)ccc2Oc2ccccc2)nc(Nc2cccc(C(F)(F)F)c2)n1. The van der Waals surface area contributed by atoms with E-state index in [1.807, 2.05) is 60.7 Å². The minimum Gasteiger partial charge on any atom is -0.457 e. The van der Waals surface area contributed by atoms with E-state index < -0.39 is 30.5 Å². The molecule has 0 amide bonds. The number of hydrogen-bond acceptors (Lipinski definition) is 7. The standard InChI is InChI=1S/C31H23F6N5O2/c32-30(33,34)19-43-29-41-27(40-28(42-29)39-24-11-7-10-23(17-24)31(35,36)37)38-18-22-16-21(20-8-3-1-4-9-20)14-15-26(22)44-25-12-5-2-6-13-25/h1-17H,18-19H2,(H2,38,39,40,41,42). The highest BCUT2D eigenvalue weighted by atomic mass is 19.4. The highest BCUT2D eigenvalue weighted by Crippen LogP contribution is 2.33. The van der Waals surface area contributed by atoms with Gasteiger partial charge in [-0.3, -0.25) is 0 Å². The van der Waals surface area contributed by atoms with Crippen molar-refractivity contribution in [3.05, 3.63) is 114 Å². The van der Waals surface area contributed by atoms with Crippen LogP contribution in [0.25, 0.3) is 11.1 Å². The van der Waals surface area contributed by atoms with E-state index in [1.165, 1.54) is 12.1 Å². The topological polar surface area (TPSA) is 81.2 Å². The number of para-hydroxylation sites is 1. The van der Waals surface area contributed by atoms with Crippen molar-refractivity contribution in [1.82, 2.24) is 15.0 Å². The summed E-state index contributed by atoms with van der Waals surface area (Å²) in [5.41, 5.74) is 1.48. The lowest BCUT2D eigenvalue weighted by atomic mass is 10.0. The van der Waals surface area contributed by atoms with E-state index in [0.717, 1.165) is 23.3 Å². The molecular formula is C31H23F6N5O2. The first-order valence-corrected chi connectivity index (χ1v) is 13.1. The van der Waals surface area contributed by atoms with Crippen LogP contribution in [0.2, 0.25) is 0 Å². The van der Waals surface area contributed by atoms with Crippen molar-refractivity contribution < 1.29 is 35.8 Å². The average Bonchev–Trinajstić information content (AvgIpc) is 3.00. The normalized spacial score (nSPS) is 11.6. The number of nitrogens with one attached hydrogen (secondary N) is 2. The molecule has 44 heavy (non-hydrogen) atoms. The Morgan fingerprint density at radius 1 is 0.659 bits per heavy atom. The molecule has 0 fully saturated rings. The maximum atomic E-state index is 13.2. The fourth-order valence-corrected chi connectivity index (χ4v) is 4.02. The van der Waals surface area contributed by atoms with Crippen molar-refractivity contribution >= 4 is 17.6 Å². The van der Waals surface area contributed by atoms with Crippen molar-refractivity contribution in [3.8, 4) is 28.6 Å². The molecular weight excluding hydrogens is 588 g/mol. The summed E-state index contributed by atoms with van der Waals surface area (Å²) in [5.74, 6) is 0.547. The molecule has 226 valence electrons. The summed E-state index contributed by atoms with van der Waals surface area (Å²) in [5, 5.41) is 5.52. The van der Waals surface area contributed by atoms with Crippen LogP contribution in [0, 0.1) is 0 Å². The minimum atomic E-state index is -4.68. The van der Waals surface area contributed by atoms with E-state index in [-0.39, 0.29) is 24.1 Å². The van der Waals surface area contributed by atoms with Gasteiger partial charge in [-0.15, -0.1) is 0 Å². The number of aromatic nitrogens is 3. The van der Waals surface area contributed by atoms with Crippen LogP contribution in [0.4, 0.5) is 43.9 Å². The zero-order valence-electron chi connectivity index (χ0n) is 22.7. The second kappa shape index (κ2) is 12.9. The molecule has 0 aliphatic rings. The molecule has 2 N–H and O–H groups in total. The van der Waals surface area contributed by atoms with Crippen LogP contribution in [0.15, 0.2) is 103 Å². The number of rotatable bonds is 10. The smallest absolute Gasteiger partial charge is 0.422 e. The molecule has 0 saturated heterocycles. The summed E-state index contributed by atoms with van der Waals surface area (Å²) >= 11 is 0. The maximum absolute atomic E-state index is 13.2. The van der Waals surface area contributed by atoms with E-state index in [0.29, 0.717) is 17.1 Å². The molecule has 0 aliphatic heterocycles. The summed E-state index contributed by atoms with van der Waals surface area (Å²) in [6.07, 6.45) is -9.30. The van der Waals surface area contributed by atoms with Crippen molar-refractivity contribution in [3.63, 3.8) is 0 Å². The van der Waals surface area contributed by atoms with Crippen LogP contribution >= 0.6 is 0 Å². The Bertz CT molecular complexity index is 1700. The van der Waals surface area contributed by atoms with Gasteiger partial charge in [0.05, 0.1) is 5.56 Å². The number of halogens is 6. The number of benzene rings is 4. The van der Waals surface area contributed by atoms with Gasteiger partial charge in [-0.25, -0.2) is 0 Å². The molecule has 0 radical (unpaired) electrons. The van der Waals surface area contributed by atoms with Crippen LogP contribution in [-0.2, 0) is 12.7 Å². The molecule has 0 spiro atoms. The lowest BCUT2D eigenvalue weighted by molar-refractivity contribution is -0.154. The van der Waals surface area contributed by atoms with Gasteiger partial charge in [0.25, 0.3) is 0 Å². The summed E-state index contributed by atoms with van der Waals surface area (Å²) in [6.45, 7) is -1.64. The summed E-state index contributed by atoms with van der Waals surface area (Å²) in [4.78, 5) is 11.9. The Morgan fingerprint density at radius 3 is 2.07 bits per heavy atom. The van der Waals surface area contributed by atoms with Crippen LogP contribution in [-0.4, -0.2) is 27.7 Å². The molecule has 1 heterocycles. The van der Waals surface area contributed by atoms with E-state index in [4.69, 9.17) is 9.47 Å².